The zero-order valence-corrected chi connectivity index (χ0v) is 13.3. The maximum Gasteiger partial charge on any atom is 0.410 e. The minimum absolute atomic E-state index is 0.0196. The molecule has 5 nitrogen and oxygen atoms in total. The first-order valence-electron chi connectivity index (χ1n) is 7.70. The molecule has 22 heavy (non-hydrogen) atoms. The van der Waals surface area contributed by atoms with E-state index in [9.17, 15) is 9.59 Å². The number of benzene rings is 1. The van der Waals surface area contributed by atoms with Crippen LogP contribution in [0.4, 0.5) is 4.79 Å². The number of hydrogen-bond acceptors (Lipinski definition) is 3. The van der Waals surface area contributed by atoms with Crippen molar-refractivity contribution in [1.29, 1.82) is 0 Å². The maximum absolute atomic E-state index is 12.3. The molecule has 1 aromatic rings. The summed E-state index contributed by atoms with van der Waals surface area (Å²) in [6.07, 6.45) is -0.274. The van der Waals surface area contributed by atoms with Gasteiger partial charge in [0, 0.05) is 37.0 Å². The van der Waals surface area contributed by atoms with Gasteiger partial charge < -0.3 is 15.0 Å². The molecular weight excluding hydrogens is 280 g/mol. The SMILES string of the molecule is CC(C)(C)OC(=O)N1C[C@H]2CNC(=O)c3ccccc3[C@H]2C1. The van der Waals surface area contributed by atoms with Crippen LogP contribution < -0.4 is 5.32 Å². The average molecular weight is 302 g/mol. The van der Waals surface area contributed by atoms with Crippen LogP contribution in [0.5, 0.6) is 0 Å². The number of carbonyl (C=O) groups excluding carboxylic acids is 2. The van der Waals surface area contributed by atoms with E-state index in [0.717, 1.165) is 11.1 Å². The van der Waals surface area contributed by atoms with Gasteiger partial charge in [0.1, 0.15) is 5.60 Å². The highest BCUT2D eigenvalue weighted by Crippen LogP contribution is 2.36. The van der Waals surface area contributed by atoms with Crippen LogP contribution in [-0.4, -0.2) is 42.1 Å². The lowest BCUT2D eigenvalue weighted by Gasteiger charge is -2.24. The average Bonchev–Trinajstić information content (AvgIpc) is 2.82. The number of carbonyl (C=O) groups is 2. The molecule has 1 N–H and O–H groups in total. The van der Waals surface area contributed by atoms with E-state index in [1.54, 1.807) is 4.90 Å². The molecule has 0 unspecified atom stereocenters. The van der Waals surface area contributed by atoms with E-state index in [1.165, 1.54) is 0 Å². The van der Waals surface area contributed by atoms with Gasteiger partial charge in [-0.3, -0.25) is 4.79 Å². The molecule has 2 aliphatic rings. The van der Waals surface area contributed by atoms with Crippen molar-refractivity contribution in [2.45, 2.75) is 32.3 Å². The first-order chi connectivity index (χ1) is 10.3. The highest BCUT2D eigenvalue weighted by atomic mass is 16.6. The summed E-state index contributed by atoms with van der Waals surface area (Å²) in [5.74, 6) is 0.400. The van der Waals surface area contributed by atoms with Gasteiger partial charge >= 0.3 is 6.09 Å². The molecule has 1 fully saturated rings. The number of rotatable bonds is 0. The molecule has 1 aromatic carbocycles. The maximum atomic E-state index is 12.3. The van der Waals surface area contributed by atoms with Gasteiger partial charge in [0.05, 0.1) is 0 Å². The van der Waals surface area contributed by atoms with Gasteiger partial charge in [0.15, 0.2) is 0 Å². The van der Waals surface area contributed by atoms with Crippen molar-refractivity contribution in [1.82, 2.24) is 10.2 Å². The topological polar surface area (TPSA) is 58.6 Å². The van der Waals surface area contributed by atoms with Crippen LogP contribution in [0, 0.1) is 5.92 Å². The number of likely N-dealkylation sites (tertiary alicyclic amines) is 1. The van der Waals surface area contributed by atoms with Crippen molar-refractivity contribution >= 4 is 12.0 Å². The Labute approximate surface area is 130 Å². The molecular formula is C17H22N2O3. The molecule has 1 saturated heterocycles. The predicted octanol–water partition coefficient (Wildman–Crippen LogP) is 2.38. The third-order valence-electron chi connectivity index (χ3n) is 4.22. The summed E-state index contributed by atoms with van der Waals surface area (Å²) in [5.41, 5.74) is 1.27. The molecule has 2 heterocycles. The lowest BCUT2D eigenvalue weighted by molar-refractivity contribution is 0.0287. The Morgan fingerprint density at radius 1 is 1.27 bits per heavy atom. The van der Waals surface area contributed by atoms with Gasteiger partial charge in [-0.2, -0.15) is 0 Å². The van der Waals surface area contributed by atoms with Crippen molar-refractivity contribution in [2.24, 2.45) is 5.92 Å². The number of nitrogens with zero attached hydrogens (tertiary/aromatic N) is 1. The van der Waals surface area contributed by atoms with Crippen LogP contribution in [0.2, 0.25) is 0 Å². The standard InChI is InChI=1S/C17H22N2O3/c1-17(2,3)22-16(21)19-9-11-8-18-15(20)13-7-5-4-6-12(13)14(11)10-19/h4-7,11,14H,8-10H2,1-3H3,(H,18,20)/t11-,14+/m1/s1. The Morgan fingerprint density at radius 3 is 2.73 bits per heavy atom. The largest absolute Gasteiger partial charge is 0.444 e. The number of nitrogens with one attached hydrogen (secondary N) is 1. The molecule has 2 atom stereocenters. The fraction of sp³-hybridized carbons (Fsp3) is 0.529. The Morgan fingerprint density at radius 2 is 2.00 bits per heavy atom. The van der Waals surface area contributed by atoms with Crippen LogP contribution in [0.3, 0.4) is 0 Å². The number of amides is 2. The van der Waals surface area contributed by atoms with E-state index in [2.05, 4.69) is 5.32 Å². The van der Waals surface area contributed by atoms with Crippen molar-refractivity contribution < 1.29 is 14.3 Å². The Hall–Kier alpha value is -2.04. The molecule has 2 amide bonds. The van der Waals surface area contributed by atoms with Gasteiger partial charge in [0.2, 0.25) is 0 Å². The Kier molecular flexibility index (Phi) is 3.59. The third-order valence-corrected chi connectivity index (χ3v) is 4.22. The number of hydrogen-bond donors (Lipinski definition) is 1. The molecule has 0 aromatic heterocycles. The molecule has 0 aliphatic carbocycles. The molecule has 2 aliphatic heterocycles. The van der Waals surface area contributed by atoms with Crippen LogP contribution in [-0.2, 0) is 4.74 Å². The van der Waals surface area contributed by atoms with Gasteiger partial charge in [-0.1, -0.05) is 18.2 Å². The van der Waals surface area contributed by atoms with Crippen molar-refractivity contribution in [3.63, 3.8) is 0 Å². The summed E-state index contributed by atoms with van der Waals surface area (Å²) in [7, 11) is 0. The highest BCUT2D eigenvalue weighted by molar-refractivity contribution is 5.96. The molecule has 0 spiro atoms. The quantitative estimate of drug-likeness (QED) is 0.800. The second-order valence-corrected chi connectivity index (χ2v) is 7.05. The van der Waals surface area contributed by atoms with E-state index in [-0.39, 0.29) is 23.8 Å². The molecule has 118 valence electrons. The van der Waals surface area contributed by atoms with Gasteiger partial charge in [-0.25, -0.2) is 4.79 Å². The smallest absolute Gasteiger partial charge is 0.410 e. The molecule has 0 bridgehead atoms. The molecule has 0 saturated carbocycles. The van der Waals surface area contributed by atoms with E-state index in [0.29, 0.717) is 19.6 Å². The van der Waals surface area contributed by atoms with Crippen molar-refractivity contribution in [3.8, 4) is 0 Å². The predicted molar refractivity (Wildman–Crippen MR) is 82.8 cm³/mol. The minimum Gasteiger partial charge on any atom is -0.444 e. The van der Waals surface area contributed by atoms with E-state index >= 15 is 0 Å². The highest BCUT2D eigenvalue weighted by Gasteiger charge is 2.40. The fourth-order valence-corrected chi connectivity index (χ4v) is 3.25. The van der Waals surface area contributed by atoms with Crippen LogP contribution in [0.25, 0.3) is 0 Å². The first-order valence-corrected chi connectivity index (χ1v) is 7.70. The fourth-order valence-electron chi connectivity index (χ4n) is 3.25. The van der Waals surface area contributed by atoms with Gasteiger partial charge in [-0.15, -0.1) is 0 Å². The second kappa shape index (κ2) is 5.30. The van der Waals surface area contributed by atoms with Gasteiger partial charge in [-0.05, 0) is 32.4 Å². The summed E-state index contributed by atoms with van der Waals surface area (Å²) < 4.78 is 5.47. The minimum atomic E-state index is -0.492. The molecule has 3 rings (SSSR count). The summed E-state index contributed by atoms with van der Waals surface area (Å²) in [5, 5.41) is 2.96. The summed E-state index contributed by atoms with van der Waals surface area (Å²) in [4.78, 5) is 26.2. The zero-order chi connectivity index (χ0) is 15.9. The van der Waals surface area contributed by atoms with E-state index < -0.39 is 5.60 Å². The number of ether oxygens (including phenoxy) is 1. The van der Waals surface area contributed by atoms with Crippen LogP contribution in [0.15, 0.2) is 24.3 Å². The van der Waals surface area contributed by atoms with Crippen LogP contribution >= 0.6 is 0 Å². The lowest BCUT2D eigenvalue weighted by atomic mass is 9.87. The van der Waals surface area contributed by atoms with Crippen LogP contribution in [0.1, 0.15) is 42.6 Å². The summed E-state index contributed by atoms with van der Waals surface area (Å²) >= 11 is 0. The third kappa shape index (κ3) is 2.80. The normalized spacial score (nSPS) is 24.1. The molecule has 5 heteroatoms. The first kappa shape index (κ1) is 14.9. The number of fused-ring (bicyclic) bond motifs is 3. The summed E-state index contributed by atoms with van der Waals surface area (Å²) in [6, 6.07) is 7.67. The van der Waals surface area contributed by atoms with Crippen molar-refractivity contribution in [2.75, 3.05) is 19.6 Å². The Balaban J connectivity index is 1.83. The van der Waals surface area contributed by atoms with E-state index in [1.807, 2.05) is 45.0 Å². The van der Waals surface area contributed by atoms with E-state index in [4.69, 9.17) is 4.74 Å². The van der Waals surface area contributed by atoms with Gasteiger partial charge in [0.25, 0.3) is 5.91 Å². The second-order valence-electron chi connectivity index (χ2n) is 7.05. The monoisotopic (exact) mass is 302 g/mol. The van der Waals surface area contributed by atoms with Crippen molar-refractivity contribution in [3.05, 3.63) is 35.4 Å². The zero-order valence-electron chi connectivity index (χ0n) is 13.3. The summed E-state index contributed by atoms with van der Waals surface area (Å²) in [6.45, 7) is 7.43. The molecule has 0 radical (unpaired) electrons. The Bertz CT molecular complexity index is 606. The lowest BCUT2D eigenvalue weighted by Crippen LogP contribution is -2.36.